The van der Waals surface area contributed by atoms with Gasteiger partial charge in [-0.1, -0.05) is 18.2 Å². The Balaban J connectivity index is 2.76. The minimum atomic E-state index is 1.18. The van der Waals surface area contributed by atoms with Crippen LogP contribution in [0.2, 0.25) is 0 Å². The van der Waals surface area contributed by atoms with E-state index in [0.717, 1.165) is 0 Å². The molecule has 2 rings (SSSR count). The van der Waals surface area contributed by atoms with Crippen molar-refractivity contribution < 1.29 is 0 Å². The standard InChI is InChI=1S/C9H8NS/c1-11-10-7-6-8-4-2-3-5-9(8)10/h2-5,7H,1H3. The Bertz CT molecular complexity index is 364. The van der Waals surface area contributed by atoms with Crippen molar-refractivity contribution in [2.75, 3.05) is 6.26 Å². The van der Waals surface area contributed by atoms with E-state index in [2.05, 4.69) is 28.4 Å². The van der Waals surface area contributed by atoms with Crippen LogP contribution < -0.4 is 0 Å². The number of rotatable bonds is 1. The van der Waals surface area contributed by atoms with Gasteiger partial charge in [0.2, 0.25) is 0 Å². The van der Waals surface area contributed by atoms with Crippen LogP contribution in [0, 0.1) is 6.07 Å². The lowest BCUT2D eigenvalue weighted by molar-refractivity contribution is 1.35. The van der Waals surface area contributed by atoms with Gasteiger partial charge >= 0.3 is 0 Å². The van der Waals surface area contributed by atoms with E-state index >= 15 is 0 Å². The molecule has 1 radical (unpaired) electrons. The molecule has 0 unspecified atom stereocenters. The lowest BCUT2D eigenvalue weighted by Gasteiger charge is -1.96. The van der Waals surface area contributed by atoms with E-state index in [9.17, 15) is 0 Å². The fourth-order valence-electron chi connectivity index (χ4n) is 1.14. The van der Waals surface area contributed by atoms with Gasteiger partial charge in [0.15, 0.2) is 0 Å². The molecule has 1 aromatic heterocycles. The number of para-hydroxylation sites is 1. The fourth-order valence-corrected chi connectivity index (χ4v) is 1.65. The van der Waals surface area contributed by atoms with Gasteiger partial charge in [-0.05, 0) is 18.0 Å². The van der Waals surface area contributed by atoms with Crippen molar-refractivity contribution in [1.82, 2.24) is 3.97 Å². The molecule has 11 heavy (non-hydrogen) atoms. The second-order valence-electron chi connectivity index (χ2n) is 2.30. The smallest absolute Gasteiger partial charge is 0.0597 e. The second-order valence-corrected chi connectivity index (χ2v) is 3.06. The summed E-state index contributed by atoms with van der Waals surface area (Å²) in [5.41, 5.74) is 1.24. The third-order valence-electron chi connectivity index (χ3n) is 1.68. The number of nitrogens with zero attached hydrogens (tertiary/aromatic N) is 1. The maximum atomic E-state index is 3.18. The third kappa shape index (κ3) is 1.03. The molecular formula is C9H8NS. The van der Waals surface area contributed by atoms with E-state index in [1.165, 1.54) is 10.9 Å². The van der Waals surface area contributed by atoms with Gasteiger partial charge in [-0.2, -0.15) is 0 Å². The molecule has 55 valence electrons. The fraction of sp³-hybridized carbons (Fsp3) is 0.111. The molecule has 0 saturated heterocycles. The van der Waals surface area contributed by atoms with Gasteiger partial charge in [0.25, 0.3) is 0 Å². The minimum Gasteiger partial charge on any atom is -0.291 e. The van der Waals surface area contributed by atoms with Crippen LogP contribution in [0.25, 0.3) is 10.9 Å². The number of hydrogen-bond acceptors (Lipinski definition) is 1. The Labute approximate surface area is 70.2 Å². The summed E-state index contributed by atoms with van der Waals surface area (Å²) >= 11 is 1.69. The zero-order chi connectivity index (χ0) is 7.68. The Morgan fingerprint density at radius 1 is 1.36 bits per heavy atom. The molecule has 0 bridgehead atoms. The molecule has 0 aliphatic heterocycles. The molecule has 0 spiro atoms. The largest absolute Gasteiger partial charge is 0.291 e. The van der Waals surface area contributed by atoms with E-state index in [0.29, 0.717) is 0 Å². The molecule has 0 amide bonds. The lowest BCUT2D eigenvalue weighted by atomic mass is 10.3. The molecule has 1 heterocycles. The number of hydrogen-bond donors (Lipinski definition) is 0. The summed E-state index contributed by atoms with van der Waals surface area (Å²) in [6.45, 7) is 0. The van der Waals surface area contributed by atoms with Crippen molar-refractivity contribution in [2.45, 2.75) is 0 Å². The molecule has 1 aromatic carbocycles. The zero-order valence-electron chi connectivity index (χ0n) is 6.24. The van der Waals surface area contributed by atoms with Crippen LogP contribution in [0.1, 0.15) is 0 Å². The first-order chi connectivity index (χ1) is 5.42. The van der Waals surface area contributed by atoms with Gasteiger partial charge in [0.1, 0.15) is 0 Å². The summed E-state index contributed by atoms with van der Waals surface area (Å²) in [5.74, 6) is 0. The topological polar surface area (TPSA) is 4.93 Å². The summed E-state index contributed by atoms with van der Waals surface area (Å²) in [6, 6.07) is 11.4. The highest BCUT2D eigenvalue weighted by Gasteiger charge is 1.96. The Morgan fingerprint density at radius 3 is 3.00 bits per heavy atom. The van der Waals surface area contributed by atoms with Crippen LogP contribution >= 0.6 is 11.9 Å². The molecule has 1 nitrogen and oxygen atoms in total. The predicted octanol–water partition coefficient (Wildman–Crippen LogP) is 2.57. The van der Waals surface area contributed by atoms with E-state index in [-0.39, 0.29) is 0 Å². The second kappa shape index (κ2) is 2.62. The van der Waals surface area contributed by atoms with E-state index < -0.39 is 0 Å². The predicted molar refractivity (Wildman–Crippen MR) is 49.7 cm³/mol. The first kappa shape index (κ1) is 6.80. The monoisotopic (exact) mass is 162 g/mol. The SMILES string of the molecule is CSn1c[c]c2ccccc21. The summed E-state index contributed by atoms with van der Waals surface area (Å²) in [4.78, 5) is 0. The van der Waals surface area contributed by atoms with Gasteiger partial charge in [0.05, 0.1) is 5.52 Å². The van der Waals surface area contributed by atoms with Gasteiger partial charge in [-0.25, -0.2) is 0 Å². The van der Waals surface area contributed by atoms with Gasteiger partial charge in [0, 0.05) is 23.9 Å². The molecular weight excluding hydrogens is 154 g/mol. The van der Waals surface area contributed by atoms with Crippen molar-refractivity contribution in [1.29, 1.82) is 0 Å². The zero-order valence-corrected chi connectivity index (χ0v) is 7.06. The third-order valence-corrected chi connectivity index (χ3v) is 2.37. The molecule has 0 N–H and O–H groups in total. The Hall–Kier alpha value is -0.890. The van der Waals surface area contributed by atoms with Crippen molar-refractivity contribution in [3.05, 3.63) is 36.5 Å². The quantitative estimate of drug-likeness (QED) is 0.624. The molecule has 0 atom stereocenters. The maximum Gasteiger partial charge on any atom is 0.0597 e. The lowest BCUT2D eigenvalue weighted by Crippen LogP contribution is -1.79. The summed E-state index contributed by atoms with van der Waals surface area (Å²) in [5, 5.41) is 1.18. The van der Waals surface area contributed by atoms with Crippen LogP contribution in [0.4, 0.5) is 0 Å². The van der Waals surface area contributed by atoms with Crippen molar-refractivity contribution in [3.63, 3.8) is 0 Å². The van der Waals surface area contributed by atoms with E-state index in [4.69, 9.17) is 0 Å². The molecule has 2 aromatic rings. The Kier molecular flexibility index (Phi) is 1.62. The highest BCUT2D eigenvalue weighted by Crippen LogP contribution is 2.17. The normalized spacial score (nSPS) is 10.6. The van der Waals surface area contributed by atoms with Gasteiger partial charge in [-0.15, -0.1) is 0 Å². The first-order valence-corrected chi connectivity index (χ1v) is 4.62. The van der Waals surface area contributed by atoms with Crippen LogP contribution in [-0.4, -0.2) is 10.2 Å². The van der Waals surface area contributed by atoms with Gasteiger partial charge < -0.3 is 0 Å². The molecule has 0 aliphatic rings. The molecule has 2 heteroatoms. The summed E-state index contributed by atoms with van der Waals surface area (Å²) in [6.07, 6.45) is 4.02. The van der Waals surface area contributed by atoms with Crippen molar-refractivity contribution >= 4 is 22.9 Å². The van der Waals surface area contributed by atoms with Crippen LogP contribution in [0.15, 0.2) is 30.5 Å². The van der Waals surface area contributed by atoms with Crippen LogP contribution in [-0.2, 0) is 0 Å². The highest BCUT2D eigenvalue weighted by molar-refractivity contribution is 7.97. The number of fused-ring (bicyclic) bond motifs is 1. The highest BCUT2D eigenvalue weighted by atomic mass is 32.2. The van der Waals surface area contributed by atoms with Crippen molar-refractivity contribution in [3.8, 4) is 0 Å². The minimum absolute atomic E-state index is 1.18. The average Bonchev–Trinajstić information content (AvgIpc) is 2.47. The number of aromatic nitrogens is 1. The van der Waals surface area contributed by atoms with Gasteiger partial charge in [-0.3, -0.25) is 3.97 Å². The Morgan fingerprint density at radius 2 is 2.18 bits per heavy atom. The van der Waals surface area contributed by atoms with E-state index in [1.54, 1.807) is 11.9 Å². The molecule has 0 saturated carbocycles. The molecule has 0 aliphatic carbocycles. The van der Waals surface area contributed by atoms with Crippen LogP contribution in [0.3, 0.4) is 0 Å². The summed E-state index contributed by atoms with van der Waals surface area (Å²) < 4.78 is 2.11. The van der Waals surface area contributed by atoms with E-state index in [1.807, 2.05) is 18.3 Å². The average molecular weight is 162 g/mol. The number of benzene rings is 1. The van der Waals surface area contributed by atoms with Crippen molar-refractivity contribution in [2.24, 2.45) is 0 Å². The first-order valence-electron chi connectivity index (χ1n) is 3.44. The maximum absolute atomic E-state index is 3.18. The summed E-state index contributed by atoms with van der Waals surface area (Å²) in [7, 11) is 0. The van der Waals surface area contributed by atoms with Crippen LogP contribution in [0.5, 0.6) is 0 Å². The molecule has 0 fully saturated rings.